The van der Waals surface area contributed by atoms with Crippen molar-refractivity contribution >= 4 is 11.6 Å². The number of nitrogens with zero attached hydrogens (tertiary/aromatic N) is 1. The second-order valence-corrected chi connectivity index (χ2v) is 6.13. The van der Waals surface area contributed by atoms with Crippen molar-refractivity contribution < 1.29 is 4.79 Å². The second kappa shape index (κ2) is 7.18. The Labute approximate surface area is 146 Å². The van der Waals surface area contributed by atoms with Gasteiger partial charge in [-0.25, -0.2) is 0 Å². The third-order valence-electron chi connectivity index (χ3n) is 4.12. The first-order chi connectivity index (χ1) is 12.0. The van der Waals surface area contributed by atoms with Gasteiger partial charge in [-0.1, -0.05) is 42.0 Å². The van der Waals surface area contributed by atoms with Crippen molar-refractivity contribution in [2.45, 2.75) is 20.4 Å². The Bertz CT molecular complexity index is 959. The molecule has 0 saturated heterocycles. The number of hydrogen-bond donors (Lipinski definition) is 1. The van der Waals surface area contributed by atoms with Gasteiger partial charge in [-0.2, -0.15) is 0 Å². The molecule has 0 saturated carbocycles. The lowest BCUT2D eigenvalue weighted by Gasteiger charge is -2.11. The van der Waals surface area contributed by atoms with Crippen molar-refractivity contribution in [3.63, 3.8) is 0 Å². The van der Waals surface area contributed by atoms with E-state index in [0.29, 0.717) is 12.1 Å². The van der Waals surface area contributed by atoms with Gasteiger partial charge in [0.2, 0.25) is 0 Å². The summed E-state index contributed by atoms with van der Waals surface area (Å²) in [4.78, 5) is 24.6. The number of aromatic nitrogens is 1. The van der Waals surface area contributed by atoms with Crippen LogP contribution in [0.15, 0.2) is 71.7 Å². The number of pyridine rings is 1. The molecule has 1 aromatic heterocycles. The van der Waals surface area contributed by atoms with Crippen LogP contribution in [0.4, 0.5) is 5.69 Å². The third-order valence-corrected chi connectivity index (χ3v) is 4.12. The molecule has 0 bridgehead atoms. The van der Waals surface area contributed by atoms with E-state index in [-0.39, 0.29) is 11.5 Å². The van der Waals surface area contributed by atoms with Crippen LogP contribution in [0, 0.1) is 13.8 Å². The Kier molecular flexibility index (Phi) is 4.80. The number of aryl methyl sites for hydroxylation is 2. The van der Waals surface area contributed by atoms with Crippen LogP contribution >= 0.6 is 0 Å². The molecule has 0 unspecified atom stereocenters. The fourth-order valence-corrected chi connectivity index (χ4v) is 2.67. The summed E-state index contributed by atoms with van der Waals surface area (Å²) >= 11 is 0. The first-order valence-electron chi connectivity index (χ1n) is 8.16. The quantitative estimate of drug-likeness (QED) is 0.791. The van der Waals surface area contributed by atoms with Crippen LogP contribution in [0.3, 0.4) is 0 Å². The van der Waals surface area contributed by atoms with Crippen LogP contribution in [-0.2, 0) is 6.54 Å². The lowest BCUT2D eigenvalue weighted by atomic mass is 10.1. The number of hydrogen-bond acceptors (Lipinski definition) is 2. The molecule has 126 valence electrons. The highest BCUT2D eigenvalue weighted by Gasteiger charge is 2.09. The van der Waals surface area contributed by atoms with E-state index < -0.39 is 0 Å². The average Bonchev–Trinajstić information content (AvgIpc) is 2.61. The van der Waals surface area contributed by atoms with E-state index in [4.69, 9.17) is 0 Å². The number of amides is 1. The number of rotatable bonds is 4. The van der Waals surface area contributed by atoms with Crippen molar-refractivity contribution in [2.75, 3.05) is 5.32 Å². The van der Waals surface area contributed by atoms with Gasteiger partial charge in [-0.3, -0.25) is 9.59 Å². The van der Waals surface area contributed by atoms with Gasteiger partial charge in [-0.05, 0) is 43.2 Å². The molecule has 3 rings (SSSR count). The molecule has 0 fully saturated rings. The smallest absolute Gasteiger partial charge is 0.257 e. The monoisotopic (exact) mass is 332 g/mol. The molecule has 0 radical (unpaired) electrons. The van der Waals surface area contributed by atoms with Gasteiger partial charge in [0.05, 0.1) is 12.1 Å². The minimum Gasteiger partial charge on any atom is -0.322 e. The summed E-state index contributed by atoms with van der Waals surface area (Å²) in [6.45, 7) is 4.49. The van der Waals surface area contributed by atoms with Crippen molar-refractivity contribution in [2.24, 2.45) is 0 Å². The molecule has 0 atom stereocenters. The van der Waals surface area contributed by atoms with E-state index in [1.807, 2.05) is 56.3 Å². The third kappa shape index (κ3) is 4.04. The predicted octanol–water partition coefficient (Wildman–Crippen LogP) is 3.77. The number of carbonyl (C=O) groups excluding carboxylic acids is 1. The second-order valence-electron chi connectivity index (χ2n) is 6.13. The molecule has 0 aliphatic heterocycles. The highest BCUT2D eigenvalue weighted by molar-refractivity contribution is 6.04. The van der Waals surface area contributed by atoms with Crippen LogP contribution < -0.4 is 10.9 Å². The minimum atomic E-state index is -0.235. The first kappa shape index (κ1) is 16.7. The molecule has 4 nitrogen and oxygen atoms in total. The van der Waals surface area contributed by atoms with Crippen LogP contribution in [0.2, 0.25) is 0 Å². The zero-order chi connectivity index (χ0) is 17.8. The van der Waals surface area contributed by atoms with Crippen LogP contribution in [0.25, 0.3) is 0 Å². The number of nitrogens with one attached hydrogen (secondary N) is 1. The van der Waals surface area contributed by atoms with E-state index in [1.54, 1.807) is 16.8 Å². The van der Waals surface area contributed by atoms with Gasteiger partial charge < -0.3 is 9.88 Å². The largest absolute Gasteiger partial charge is 0.322 e. The fraction of sp³-hybridized carbons (Fsp3) is 0.143. The maximum atomic E-state index is 12.4. The maximum Gasteiger partial charge on any atom is 0.257 e. The van der Waals surface area contributed by atoms with Crippen LogP contribution in [-0.4, -0.2) is 10.5 Å². The Morgan fingerprint density at radius 2 is 1.76 bits per heavy atom. The molecule has 1 amide bonds. The van der Waals surface area contributed by atoms with Gasteiger partial charge in [0.15, 0.2) is 0 Å². The number of para-hydroxylation sites is 1. The molecular formula is C21H20N2O2. The van der Waals surface area contributed by atoms with Crippen molar-refractivity contribution in [3.8, 4) is 0 Å². The molecule has 1 heterocycles. The summed E-state index contributed by atoms with van der Waals surface area (Å²) in [5.41, 5.74) is 4.39. The summed E-state index contributed by atoms with van der Waals surface area (Å²) in [6.07, 6.45) is 1.61. The molecule has 2 aromatic carbocycles. The predicted molar refractivity (Wildman–Crippen MR) is 100 cm³/mol. The first-order valence-corrected chi connectivity index (χ1v) is 8.16. The summed E-state index contributed by atoms with van der Waals surface area (Å²) < 4.78 is 1.57. The van der Waals surface area contributed by atoms with E-state index in [1.165, 1.54) is 6.07 Å². The maximum absolute atomic E-state index is 12.4. The Morgan fingerprint density at radius 3 is 2.52 bits per heavy atom. The Balaban J connectivity index is 1.86. The fourth-order valence-electron chi connectivity index (χ4n) is 2.67. The topological polar surface area (TPSA) is 51.1 Å². The molecule has 1 N–H and O–H groups in total. The van der Waals surface area contributed by atoms with Crippen LogP contribution in [0.1, 0.15) is 27.0 Å². The summed E-state index contributed by atoms with van der Waals surface area (Å²) in [5, 5.41) is 2.83. The lowest BCUT2D eigenvalue weighted by Crippen LogP contribution is -2.23. The van der Waals surface area contributed by atoms with Gasteiger partial charge >= 0.3 is 0 Å². The number of benzene rings is 2. The number of anilines is 1. The molecule has 3 aromatic rings. The Hall–Kier alpha value is -3.14. The van der Waals surface area contributed by atoms with E-state index in [9.17, 15) is 9.59 Å². The number of carbonyl (C=O) groups is 1. The lowest BCUT2D eigenvalue weighted by molar-refractivity contribution is 0.102. The van der Waals surface area contributed by atoms with E-state index >= 15 is 0 Å². The molecule has 0 aliphatic rings. The molecule has 4 heteroatoms. The van der Waals surface area contributed by atoms with E-state index in [2.05, 4.69) is 11.4 Å². The van der Waals surface area contributed by atoms with Gasteiger partial charge in [0.1, 0.15) is 0 Å². The normalized spacial score (nSPS) is 10.5. The molecule has 0 aliphatic carbocycles. The zero-order valence-electron chi connectivity index (χ0n) is 14.3. The highest BCUT2D eigenvalue weighted by atomic mass is 16.2. The zero-order valence-corrected chi connectivity index (χ0v) is 14.3. The van der Waals surface area contributed by atoms with Gasteiger partial charge in [0, 0.05) is 18.0 Å². The standard InChI is InChI=1S/C21H20N2O2/c1-15-8-9-16(2)18(12-15)14-23-13-17(10-11-20(23)24)21(25)22-19-6-4-3-5-7-19/h3-13H,14H2,1-2H3,(H,22,25). The Morgan fingerprint density at radius 1 is 1.00 bits per heavy atom. The van der Waals surface area contributed by atoms with Crippen molar-refractivity contribution in [3.05, 3.63) is 99.5 Å². The van der Waals surface area contributed by atoms with Crippen LogP contribution in [0.5, 0.6) is 0 Å². The summed E-state index contributed by atoms with van der Waals surface area (Å²) in [5.74, 6) is -0.235. The molecular weight excluding hydrogens is 312 g/mol. The molecule has 0 spiro atoms. The average molecular weight is 332 g/mol. The van der Waals surface area contributed by atoms with Gasteiger partial charge in [0.25, 0.3) is 11.5 Å². The molecule has 25 heavy (non-hydrogen) atoms. The van der Waals surface area contributed by atoms with Crippen molar-refractivity contribution in [1.82, 2.24) is 4.57 Å². The van der Waals surface area contributed by atoms with E-state index in [0.717, 1.165) is 22.4 Å². The summed E-state index contributed by atoms with van der Waals surface area (Å²) in [7, 11) is 0. The SMILES string of the molecule is Cc1ccc(C)c(Cn2cc(C(=O)Nc3ccccc3)ccc2=O)c1. The van der Waals surface area contributed by atoms with Crippen molar-refractivity contribution in [1.29, 1.82) is 0 Å². The highest BCUT2D eigenvalue weighted by Crippen LogP contribution is 2.13. The summed E-state index contributed by atoms with van der Waals surface area (Å²) in [6, 6.07) is 18.4. The van der Waals surface area contributed by atoms with Gasteiger partial charge in [-0.15, -0.1) is 0 Å². The minimum absolute atomic E-state index is 0.128.